The summed E-state index contributed by atoms with van der Waals surface area (Å²) in [4.78, 5) is 16.6. The van der Waals surface area contributed by atoms with Gasteiger partial charge in [0.2, 0.25) is 10.9 Å². The SMILES string of the molecule is C/C=C/C(=O)Nc1nc2scc(-c3ccc(C)cc3)n2n1. The van der Waals surface area contributed by atoms with Crippen LogP contribution in [0, 0.1) is 6.92 Å². The Hall–Kier alpha value is -2.47. The van der Waals surface area contributed by atoms with Crippen LogP contribution in [-0.2, 0) is 4.79 Å². The molecular weight excluding hydrogens is 284 g/mol. The minimum absolute atomic E-state index is 0.229. The van der Waals surface area contributed by atoms with Crippen molar-refractivity contribution in [1.82, 2.24) is 14.6 Å². The summed E-state index contributed by atoms with van der Waals surface area (Å²) in [5.74, 6) is 0.0888. The summed E-state index contributed by atoms with van der Waals surface area (Å²) >= 11 is 1.49. The minimum Gasteiger partial charge on any atom is -0.290 e. The first-order valence-corrected chi connectivity index (χ1v) is 7.40. The number of amides is 1. The lowest BCUT2D eigenvalue weighted by molar-refractivity contribution is -0.111. The summed E-state index contributed by atoms with van der Waals surface area (Å²) in [6, 6.07) is 8.22. The van der Waals surface area contributed by atoms with Gasteiger partial charge in [0.15, 0.2) is 0 Å². The third kappa shape index (κ3) is 2.71. The molecule has 0 atom stereocenters. The second-order valence-corrected chi connectivity index (χ2v) is 5.44. The first kappa shape index (κ1) is 13.5. The van der Waals surface area contributed by atoms with Gasteiger partial charge in [-0.05, 0) is 19.9 Å². The van der Waals surface area contributed by atoms with Gasteiger partial charge in [0, 0.05) is 10.9 Å². The van der Waals surface area contributed by atoms with Crippen LogP contribution in [0.1, 0.15) is 12.5 Å². The molecule has 1 amide bonds. The van der Waals surface area contributed by atoms with Gasteiger partial charge >= 0.3 is 0 Å². The maximum Gasteiger partial charge on any atom is 0.250 e. The van der Waals surface area contributed by atoms with E-state index in [0.29, 0.717) is 5.95 Å². The number of aromatic nitrogens is 3. The first-order chi connectivity index (χ1) is 10.2. The molecule has 2 heterocycles. The zero-order valence-electron chi connectivity index (χ0n) is 11.7. The molecule has 6 heteroatoms. The number of rotatable bonds is 3. The summed E-state index contributed by atoms with van der Waals surface area (Å²) in [6.45, 7) is 3.84. The monoisotopic (exact) mass is 298 g/mol. The molecule has 21 heavy (non-hydrogen) atoms. The molecule has 1 aromatic carbocycles. The number of thiazole rings is 1. The van der Waals surface area contributed by atoms with Gasteiger partial charge in [-0.15, -0.1) is 16.4 Å². The van der Waals surface area contributed by atoms with Crippen molar-refractivity contribution >= 4 is 28.2 Å². The maximum atomic E-state index is 11.5. The van der Waals surface area contributed by atoms with Crippen molar-refractivity contribution in [2.24, 2.45) is 0 Å². The highest BCUT2D eigenvalue weighted by Gasteiger charge is 2.12. The molecule has 0 fully saturated rings. The molecular formula is C15H14N4OS. The normalized spacial score (nSPS) is 11.3. The molecule has 0 radical (unpaired) electrons. The van der Waals surface area contributed by atoms with E-state index in [1.165, 1.54) is 23.0 Å². The zero-order chi connectivity index (χ0) is 14.8. The van der Waals surface area contributed by atoms with Crippen LogP contribution in [-0.4, -0.2) is 20.5 Å². The van der Waals surface area contributed by atoms with E-state index >= 15 is 0 Å². The number of allylic oxidation sites excluding steroid dienone is 1. The van der Waals surface area contributed by atoms with E-state index in [2.05, 4.69) is 46.6 Å². The van der Waals surface area contributed by atoms with E-state index in [0.717, 1.165) is 16.2 Å². The smallest absolute Gasteiger partial charge is 0.250 e. The number of hydrogen-bond acceptors (Lipinski definition) is 4. The van der Waals surface area contributed by atoms with Gasteiger partial charge in [0.05, 0.1) is 5.69 Å². The number of anilines is 1. The molecule has 1 N–H and O–H groups in total. The Morgan fingerprint density at radius 2 is 2.10 bits per heavy atom. The standard InChI is InChI=1S/C15H14N4OS/c1-3-4-13(20)16-14-17-15-19(18-14)12(9-21-15)11-7-5-10(2)6-8-11/h3-9H,1-2H3,(H,16,18,20)/b4-3+. The highest BCUT2D eigenvalue weighted by molar-refractivity contribution is 7.15. The average molecular weight is 298 g/mol. The second kappa shape index (κ2) is 5.49. The fourth-order valence-electron chi connectivity index (χ4n) is 1.96. The van der Waals surface area contributed by atoms with Crippen molar-refractivity contribution in [2.75, 3.05) is 5.32 Å². The van der Waals surface area contributed by atoms with E-state index in [1.54, 1.807) is 17.5 Å². The van der Waals surface area contributed by atoms with Crippen molar-refractivity contribution in [3.05, 3.63) is 47.4 Å². The lowest BCUT2D eigenvalue weighted by Gasteiger charge is -1.99. The second-order valence-electron chi connectivity index (χ2n) is 4.61. The Labute approximate surface area is 126 Å². The topological polar surface area (TPSA) is 59.3 Å². The third-order valence-corrected chi connectivity index (χ3v) is 3.80. The van der Waals surface area contributed by atoms with Gasteiger partial charge < -0.3 is 0 Å². The number of aryl methyl sites for hydroxylation is 1. The zero-order valence-corrected chi connectivity index (χ0v) is 12.5. The van der Waals surface area contributed by atoms with E-state index in [9.17, 15) is 4.79 Å². The van der Waals surface area contributed by atoms with Crippen molar-refractivity contribution in [2.45, 2.75) is 13.8 Å². The predicted octanol–water partition coefficient (Wildman–Crippen LogP) is 3.28. The molecule has 0 aliphatic carbocycles. The molecule has 0 aliphatic rings. The van der Waals surface area contributed by atoms with Crippen LogP contribution in [0.4, 0.5) is 5.95 Å². The van der Waals surface area contributed by atoms with E-state index in [4.69, 9.17) is 0 Å². The Morgan fingerprint density at radius 1 is 1.33 bits per heavy atom. The van der Waals surface area contributed by atoms with E-state index < -0.39 is 0 Å². The van der Waals surface area contributed by atoms with E-state index in [1.807, 2.05) is 5.38 Å². The van der Waals surface area contributed by atoms with Gasteiger partial charge in [0.25, 0.3) is 5.95 Å². The predicted molar refractivity (Wildman–Crippen MR) is 84.5 cm³/mol. The Bertz CT molecular complexity index is 814. The molecule has 0 spiro atoms. The number of carbonyl (C=O) groups is 1. The quantitative estimate of drug-likeness (QED) is 0.755. The largest absolute Gasteiger partial charge is 0.290 e. The molecule has 3 rings (SSSR count). The molecule has 0 bridgehead atoms. The summed E-state index contributed by atoms with van der Waals surface area (Å²) in [5, 5.41) is 9.00. The number of hydrogen-bond donors (Lipinski definition) is 1. The number of nitrogens with one attached hydrogen (secondary N) is 1. The Morgan fingerprint density at radius 3 is 2.81 bits per heavy atom. The Kier molecular flexibility index (Phi) is 3.53. The van der Waals surface area contributed by atoms with Crippen LogP contribution in [0.3, 0.4) is 0 Å². The van der Waals surface area contributed by atoms with Crippen LogP contribution in [0.15, 0.2) is 41.8 Å². The molecule has 0 saturated heterocycles. The summed E-state index contributed by atoms with van der Waals surface area (Å²) in [6.07, 6.45) is 3.11. The van der Waals surface area contributed by atoms with Gasteiger partial charge in [-0.2, -0.15) is 4.98 Å². The lowest BCUT2D eigenvalue weighted by Crippen LogP contribution is -2.09. The van der Waals surface area contributed by atoms with Crippen LogP contribution in [0.2, 0.25) is 0 Å². The van der Waals surface area contributed by atoms with Crippen molar-refractivity contribution in [3.63, 3.8) is 0 Å². The Balaban J connectivity index is 1.96. The summed E-state index contributed by atoms with van der Waals surface area (Å²) in [5.41, 5.74) is 3.25. The van der Waals surface area contributed by atoms with Crippen molar-refractivity contribution < 1.29 is 4.79 Å². The van der Waals surface area contributed by atoms with Gasteiger partial charge in [0.1, 0.15) is 0 Å². The molecule has 106 valence electrons. The minimum atomic E-state index is -0.229. The summed E-state index contributed by atoms with van der Waals surface area (Å²) < 4.78 is 1.75. The molecule has 0 aliphatic heterocycles. The van der Waals surface area contributed by atoms with Gasteiger partial charge in [-0.25, -0.2) is 4.52 Å². The molecule has 0 unspecified atom stereocenters. The number of benzene rings is 1. The van der Waals surface area contributed by atoms with Crippen molar-refractivity contribution in [3.8, 4) is 11.3 Å². The fourth-order valence-corrected chi connectivity index (χ4v) is 2.79. The van der Waals surface area contributed by atoms with Crippen LogP contribution < -0.4 is 5.32 Å². The third-order valence-electron chi connectivity index (χ3n) is 2.98. The number of carbonyl (C=O) groups excluding carboxylic acids is 1. The van der Waals surface area contributed by atoms with Crippen LogP contribution in [0.5, 0.6) is 0 Å². The van der Waals surface area contributed by atoms with Crippen LogP contribution >= 0.6 is 11.3 Å². The highest BCUT2D eigenvalue weighted by atomic mass is 32.1. The molecule has 3 aromatic rings. The number of nitrogens with zero attached hydrogens (tertiary/aromatic N) is 3. The van der Waals surface area contributed by atoms with Gasteiger partial charge in [-0.3, -0.25) is 10.1 Å². The van der Waals surface area contributed by atoms with Gasteiger partial charge in [-0.1, -0.05) is 35.9 Å². The van der Waals surface area contributed by atoms with E-state index in [-0.39, 0.29) is 5.91 Å². The average Bonchev–Trinajstić information content (AvgIpc) is 3.00. The maximum absolute atomic E-state index is 11.5. The van der Waals surface area contributed by atoms with Crippen LogP contribution in [0.25, 0.3) is 16.2 Å². The molecule has 2 aromatic heterocycles. The number of fused-ring (bicyclic) bond motifs is 1. The fraction of sp³-hybridized carbons (Fsp3) is 0.133. The lowest BCUT2D eigenvalue weighted by atomic mass is 10.1. The molecule has 5 nitrogen and oxygen atoms in total. The van der Waals surface area contributed by atoms with Crippen molar-refractivity contribution in [1.29, 1.82) is 0 Å². The first-order valence-electron chi connectivity index (χ1n) is 6.52. The summed E-state index contributed by atoms with van der Waals surface area (Å²) in [7, 11) is 0. The highest BCUT2D eigenvalue weighted by Crippen LogP contribution is 2.26. The molecule has 0 saturated carbocycles.